The molecule has 0 radical (unpaired) electrons. The van der Waals surface area contributed by atoms with Crippen molar-refractivity contribution >= 4 is 24.1 Å². The van der Waals surface area contributed by atoms with E-state index in [-0.39, 0.29) is 24.4 Å². The molecule has 0 aliphatic carbocycles. The molecule has 0 saturated heterocycles. The smallest absolute Gasteiger partial charge is 0.275 e. The molecule has 1 amide bonds. The lowest BCUT2D eigenvalue weighted by atomic mass is 10.1. The van der Waals surface area contributed by atoms with E-state index in [0.29, 0.717) is 23.0 Å². The number of rotatable bonds is 9. The highest BCUT2D eigenvalue weighted by atomic mass is 16.3. The van der Waals surface area contributed by atoms with Gasteiger partial charge in [0.2, 0.25) is 5.82 Å². The third-order valence-electron chi connectivity index (χ3n) is 5.32. The van der Waals surface area contributed by atoms with Crippen LogP contribution >= 0.6 is 0 Å². The average molecular weight is 464 g/mol. The summed E-state index contributed by atoms with van der Waals surface area (Å²) in [7, 11) is 1.95. The number of tetrazole rings is 1. The molecule has 3 heterocycles. The minimum atomic E-state index is -0.421. The molecule has 11 heteroatoms. The van der Waals surface area contributed by atoms with Crippen molar-refractivity contribution in [1.29, 1.82) is 0 Å². The van der Waals surface area contributed by atoms with Crippen LogP contribution < -0.4 is 5.32 Å². The first-order valence-corrected chi connectivity index (χ1v) is 10.8. The molecule has 0 aliphatic heterocycles. The zero-order valence-corrected chi connectivity index (χ0v) is 20.0. The lowest BCUT2D eigenvalue weighted by Crippen LogP contribution is -2.20. The number of aliphatic hydroxyl groups excluding tert-OH is 1. The van der Waals surface area contributed by atoms with E-state index in [0.717, 1.165) is 11.1 Å². The number of aromatic nitrogens is 6. The summed E-state index contributed by atoms with van der Waals surface area (Å²) in [5.74, 6) is 0.277. The molecule has 0 fully saturated rings. The Labute approximate surface area is 198 Å². The summed E-state index contributed by atoms with van der Waals surface area (Å²) in [5.41, 5.74) is 2.96. The Hall–Kier alpha value is -3.99. The molecule has 3 aromatic heterocycles. The number of amides is 1. The van der Waals surface area contributed by atoms with Crippen molar-refractivity contribution in [2.75, 3.05) is 19.0 Å². The predicted octanol–water partition coefficient (Wildman–Crippen LogP) is 2.58. The molecular formula is C23H29N9O2. The summed E-state index contributed by atoms with van der Waals surface area (Å²) in [5, 5.41) is 23.8. The largest absolute Gasteiger partial charge is 0.394 e. The summed E-state index contributed by atoms with van der Waals surface area (Å²) in [6, 6.07) is 6.76. The number of anilines is 1. The molecule has 0 aromatic carbocycles. The van der Waals surface area contributed by atoms with Crippen molar-refractivity contribution in [3.05, 3.63) is 53.5 Å². The zero-order valence-electron chi connectivity index (χ0n) is 20.0. The quantitative estimate of drug-likeness (QED) is 0.463. The number of carbonyl (C=O) groups excluding carboxylic acids is 1. The van der Waals surface area contributed by atoms with E-state index in [4.69, 9.17) is 0 Å². The third-order valence-corrected chi connectivity index (χ3v) is 5.32. The summed E-state index contributed by atoms with van der Waals surface area (Å²) in [6.45, 7) is 11.4. The Kier molecular flexibility index (Phi) is 7.79. The summed E-state index contributed by atoms with van der Waals surface area (Å²) >= 11 is 0. The third kappa shape index (κ3) is 5.49. The molecule has 178 valence electrons. The highest BCUT2D eigenvalue weighted by Gasteiger charge is 2.17. The summed E-state index contributed by atoms with van der Waals surface area (Å²) < 4.78 is 1.48. The Bertz CT molecular complexity index is 1200. The first-order chi connectivity index (χ1) is 16.2. The fraction of sp³-hybridized carbons (Fsp3) is 0.348. The fourth-order valence-electron chi connectivity index (χ4n) is 3.01. The van der Waals surface area contributed by atoms with Crippen LogP contribution in [0.4, 0.5) is 5.82 Å². The van der Waals surface area contributed by atoms with E-state index in [9.17, 15) is 9.90 Å². The molecule has 0 spiro atoms. The van der Waals surface area contributed by atoms with Crippen molar-refractivity contribution in [2.45, 2.75) is 39.8 Å². The summed E-state index contributed by atoms with van der Waals surface area (Å²) in [6.07, 6.45) is 3.52. The first-order valence-electron chi connectivity index (χ1n) is 10.8. The molecule has 0 aliphatic rings. The number of aryl methyl sites for hydroxylation is 1. The Morgan fingerprint density at radius 2 is 2.12 bits per heavy atom. The molecule has 2 N–H and O–H groups in total. The Balaban J connectivity index is 1.87. The molecule has 0 saturated carbocycles. The fourth-order valence-corrected chi connectivity index (χ4v) is 3.01. The molecule has 0 unspecified atom stereocenters. The minimum Gasteiger partial charge on any atom is -0.394 e. The van der Waals surface area contributed by atoms with E-state index in [1.807, 2.05) is 25.1 Å². The van der Waals surface area contributed by atoms with Crippen LogP contribution in [0.25, 0.3) is 17.2 Å². The van der Waals surface area contributed by atoms with Crippen LogP contribution in [-0.2, 0) is 0 Å². The van der Waals surface area contributed by atoms with Crippen molar-refractivity contribution < 1.29 is 9.90 Å². The van der Waals surface area contributed by atoms with Gasteiger partial charge < -0.3 is 15.3 Å². The number of hydrogen-bond acceptors (Lipinski definition) is 9. The molecule has 3 aromatic rings. The van der Waals surface area contributed by atoms with Gasteiger partial charge in [-0.25, -0.2) is 9.67 Å². The first kappa shape index (κ1) is 24.6. The number of nitrogens with one attached hydrogen (secondary N) is 1. The maximum atomic E-state index is 13.0. The SMILES string of the molecule is C=N/C(=C\N(C)C(C)C)c1cc(C(=O)Nc2cccc(-c3nnnn3[C@H](C)CO)n2)ncc1C. The Morgan fingerprint density at radius 1 is 1.35 bits per heavy atom. The van der Waals surface area contributed by atoms with Gasteiger partial charge in [-0.1, -0.05) is 6.07 Å². The molecule has 3 rings (SSSR count). The molecular weight excluding hydrogens is 434 g/mol. The van der Waals surface area contributed by atoms with Crippen molar-refractivity contribution in [3.63, 3.8) is 0 Å². The van der Waals surface area contributed by atoms with Gasteiger partial charge in [0.1, 0.15) is 17.2 Å². The average Bonchev–Trinajstić information content (AvgIpc) is 3.32. The van der Waals surface area contributed by atoms with Gasteiger partial charge in [-0.15, -0.1) is 5.10 Å². The number of nitrogens with zero attached hydrogens (tertiary/aromatic N) is 8. The number of pyridine rings is 2. The second-order valence-electron chi connectivity index (χ2n) is 8.16. The van der Waals surface area contributed by atoms with Crippen LogP contribution in [0.2, 0.25) is 0 Å². The number of carbonyl (C=O) groups is 1. The zero-order chi connectivity index (χ0) is 24.8. The van der Waals surface area contributed by atoms with Crippen LogP contribution in [0.5, 0.6) is 0 Å². The van der Waals surface area contributed by atoms with Crippen molar-refractivity contribution in [3.8, 4) is 11.5 Å². The van der Waals surface area contributed by atoms with Gasteiger partial charge >= 0.3 is 0 Å². The number of aliphatic hydroxyl groups is 1. The lowest BCUT2D eigenvalue weighted by Gasteiger charge is -2.20. The minimum absolute atomic E-state index is 0.126. The van der Waals surface area contributed by atoms with Crippen LogP contribution in [0.15, 0.2) is 41.7 Å². The molecule has 11 nitrogen and oxygen atoms in total. The Morgan fingerprint density at radius 3 is 2.79 bits per heavy atom. The monoisotopic (exact) mass is 463 g/mol. The van der Waals surface area contributed by atoms with Crippen LogP contribution in [0.1, 0.15) is 48.4 Å². The lowest BCUT2D eigenvalue weighted by molar-refractivity contribution is 0.102. The van der Waals surface area contributed by atoms with Gasteiger partial charge in [0.25, 0.3) is 5.91 Å². The normalized spacial score (nSPS) is 12.5. The van der Waals surface area contributed by atoms with E-state index in [2.05, 4.69) is 56.4 Å². The highest BCUT2D eigenvalue weighted by molar-refractivity contribution is 6.03. The molecule has 34 heavy (non-hydrogen) atoms. The second kappa shape index (κ2) is 10.8. The van der Waals surface area contributed by atoms with Crippen molar-refractivity contribution in [2.24, 2.45) is 4.99 Å². The maximum Gasteiger partial charge on any atom is 0.275 e. The van der Waals surface area contributed by atoms with Crippen LogP contribution in [-0.4, -0.2) is 72.5 Å². The number of hydrogen-bond donors (Lipinski definition) is 2. The highest BCUT2D eigenvalue weighted by Crippen LogP contribution is 2.22. The van der Waals surface area contributed by atoms with E-state index >= 15 is 0 Å². The van der Waals surface area contributed by atoms with Gasteiger partial charge in [-0.3, -0.25) is 14.8 Å². The predicted molar refractivity (Wildman–Crippen MR) is 130 cm³/mol. The number of aliphatic imine (C=N–C) groups is 1. The molecule has 0 bridgehead atoms. The van der Waals surface area contributed by atoms with Crippen LogP contribution in [0.3, 0.4) is 0 Å². The van der Waals surface area contributed by atoms with Crippen LogP contribution in [0, 0.1) is 6.92 Å². The topological polar surface area (TPSA) is 134 Å². The van der Waals surface area contributed by atoms with Gasteiger partial charge in [0.15, 0.2) is 0 Å². The van der Waals surface area contributed by atoms with E-state index in [1.165, 1.54) is 4.68 Å². The van der Waals surface area contributed by atoms with Gasteiger partial charge in [-0.2, -0.15) is 0 Å². The maximum absolute atomic E-state index is 13.0. The standard InChI is InChI=1S/C23H29N9O2/c1-14(2)31(6)12-20(24-5)17-10-19(25-11-15(17)3)23(34)27-21-9-7-8-18(26-21)22-28-29-30-32(22)16(4)13-33/h7-12,14,16,33H,5,13H2,1-4,6H3,(H,26,27,34)/b20-12-/t16-/m1/s1. The second-order valence-corrected chi connectivity index (χ2v) is 8.16. The van der Waals surface area contributed by atoms with E-state index < -0.39 is 5.91 Å². The van der Waals surface area contributed by atoms with Gasteiger partial charge in [0.05, 0.1) is 18.3 Å². The van der Waals surface area contributed by atoms with Gasteiger partial charge in [0, 0.05) is 31.0 Å². The van der Waals surface area contributed by atoms with Gasteiger partial charge in [-0.05, 0) is 68.6 Å². The van der Waals surface area contributed by atoms with Crippen molar-refractivity contribution in [1.82, 2.24) is 35.1 Å². The van der Waals surface area contributed by atoms with E-state index in [1.54, 1.807) is 37.4 Å². The molecule has 1 atom stereocenters. The summed E-state index contributed by atoms with van der Waals surface area (Å²) in [4.78, 5) is 27.9.